The van der Waals surface area contributed by atoms with E-state index in [4.69, 9.17) is 0 Å². The Morgan fingerprint density at radius 1 is 1.17 bits per heavy atom. The van der Waals surface area contributed by atoms with E-state index in [1.807, 2.05) is 19.1 Å². The lowest BCUT2D eigenvalue weighted by Crippen LogP contribution is -2.35. The molecule has 1 N–H and O–H groups in total. The lowest BCUT2D eigenvalue weighted by atomic mass is 10.2. The van der Waals surface area contributed by atoms with Crippen molar-refractivity contribution in [2.24, 2.45) is 0 Å². The third-order valence-corrected chi connectivity index (χ3v) is 3.77. The Balaban J connectivity index is 1.99. The lowest BCUT2D eigenvalue weighted by molar-refractivity contribution is -0.116. The van der Waals surface area contributed by atoms with E-state index < -0.39 is 5.82 Å². The highest BCUT2D eigenvalue weighted by Crippen LogP contribution is 2.20. The Morgan fingerprint density at radius 3 is 2.43 bits per heavy atom. The van der Waals surface area contributed by atoms with Gasteiger partial charge in [0, 0.05) is 22.8 Å². The molecular formula is C17H16BrFN2O2. The number of nitrogens with zero attached hydrogens (tertiary/aromatic N) is 1. The molecule has 4 nitrogen and oxygen atoms in total. The van der Waals surface area contributed by atoms with Crippen LogP contribution in [0.4, 0.5) is 10.1 Å². The topological polar surface area (TPSA) is 49.4 Å². The summed E-state index contributed by atoms with van der Waals surface area (Å²) in [6, 6.07) is 10.7. The second kappa shape index (κ2) is 7.37. The average Bonchev–Trinajstić information content (AvgIpc) is 2.50. The summed E-state index contributed by atoms with van der Waals surface area (Å²) in [5, 5.41) is 2.77. The van der Waals surface area contributed by atoms with Gasteiger partial charge in [0.15, 0.2) is 0 Å². The molecule has 0 atom stereocenters. The first-order valence-corrected chi connectivity index (χ1v) is 7.73. The highest BCUT2D eigenvalue weighted by molar-refractivity contribution is 9.10. The summed E-state index contributed by atoms with van der Waals surface area (Å²) in [5.74, 6) is -1.05. The van der Waals surface area contributed by atoms with Gasteiger partial charge in [0.1, 0.15) is 5.82 Å². The van der Waals surface area contributed by atoms with Crippen molar-refractivity contribution < 1.29 is 14.0 Å². The fraction of sp³-hybridized carbons (Fsp3) is 0.176. The fourth-order valence-electron chi connectivity index (χ4n) is 2.06. The summed E-state index contributed by atoms with van der Waals surface area (Å²) in [7, 11) is 1.53. The Labute approximate surface area is 142 Å². The molecular weight excluding hydrogens is 363 g/mol. The molecule has 0 unspecified atom stereocenters. The van der Waals surface area contributed by atoms with Crippen LogP contribution >= 0.6 is 15.9 Å². The average molecular weight is 379 g/mol. The zero-order chi connectivity index (χ0) is 17.0. The van der Waals surface area contributed by atoms with E-state index in [2.05, 4.69) is 21.2 Å². The van der Waals surface area contributed by atoms with E-state index in [0.29, 0.717) is 11.3 Å². The van der Waals surface area contributed by atoms with E-state index in [1.54, 1.807) is 6.07 Å². The molecule has 0 aliphatic rings. The van der Waals surface area contributed by atoms with Crippen molar-refractivity contribution in [1.82, 2.24) is 4.90 Å². The summed E-state index contributed by atoms with van der Waals surface area (Å²) in [6.07, 6.45) is 0. The van der Waals surface area contributed by atoms with Gasteiger partial charge in [0.25, 0.3) is 5.91 Å². The van der Waals surface area contributed by atoms with Crippen LogP contribution in [-0.4, -0.2) is 30.3 Å². The number of carbonyl (C=O) groups is 2. The van der Waals surface area contributed by atoms with Crippen molar-refractivity contribution in [3.8, 4) is 0 Å². The molecule has 0 saturated carbocycles. The van der Waals surface area contributed by atoms with Crippen LogP contribution in [-0.2, 0) is 4.79 Å². The van der Waals surface area contributed by atoms with E-state index in [0.717, 1.165) is 10.0 Å². The van der Waals surface area contributed by atoms with Gasteiger partial charge in [0.05, 0.1) is 6.54 Å². The van der Waals surface area contributed by atoms with Gasteiger partial charge in [-0.1, -0.05) is 15.9 Å². The lowest BCUT2D eigenvalue weighted by Gasteiger charge is -2.17. The third-order valence-electron chi connectivity index (χ3n) is 3.28. The van der Waals surface area contributed by atoms with Gasteiger partial charge < -0.3 is 10.2 Å². The summed E-state index contributed by atoms with van der Waals surface area (Å²) in [6.45, 7) is 1.79. The number of nitrogens with one attached hydrogen (secondary N) is 1. The van der Waals surface area contributed by atoms with Crippen LogP contribution < -0.4 is 5.32 Å². The van der Waals surface area contributed by atoms with Crippen molar-refractivity contribution in [1.29, 1.82) is 0 Å². The molecule has 2 amide bonds. The molecule has 0 aliphatic carbocycles. The number of hydrogen-bond acceptors (Lipinski definition) is 2. The molecule has 0 heterocycles. The number of halogens is 2. The summed E-state index contributed by atoms with van der Waals surface area (Å²) < 4.78 is 13.8. The molecule has 120 valence electrons. The number of anilines is 1. The van der Waals surface area contributed by atoms with Crippen molar-refractivity contribution in [3.05, 3.63) is 63.9 Å². The Hall–Kier alpha value is -2.21. The molecule has 0 spiro atoms. The summed E-state index contributed by atoms with van der Waals surface area (Å²) >= 11 is 3.36. The smallest absolute Gasteiger partial charge is 0.254 e. The van der Waals surface area contributed by atoms with Crippen molar-refractivity contribution in [3.63, 3.8) is 0 Å². The maximum Gasteiger partial charge on any atom is 0.254 e. The molecule has 2 rings (SSSR count). The Morgan fingerprint density at radius 2 is 1.83 bits per heavy atom. The maximum absolute atomic E-state index is 12.9. The van der Waals surface area contributed by atoms with Gasteiger partial charge in [-0.3, -0.25) is 9.59 Å². The largest absolute Gasteiger partial charge is 0.332 e. The molecule has 2 aromatic rings. The Bertz CT molecular complexity index is 732. The zero-order valence-corrected chi connectivity index (χ0v) is 14.4. The van der Waals surface area contributed by atoms with Crippen LogP contribution in [0.25, 0.3) is 0 Å². The van der Waals surface area contributed by atoms with Crippen LogP contribution in [0.3, 0.4) is 0 Å². The predicted octanol–water partition coefficient (Wildman–Crippen LogP) is 3.61. The zero-order valence-electron chi connectivity index (χ0n) is 12.8. The van der Waals surface area contributed by atoms with E-state index in [-0.39, 0.29) is 18.4 Å². The van der Waals surface area contributed by atoms with Gasteiger partial charge in [-0.15, -0.1) is 0 Å². The molecule has 0 fully saturated rings. The van der Waals surface area contributed by atoms with Gasteiger partial charge in [-0.05, 0) is 55.0 Å². The number of benzene rings is 2. The van der Waals surface area contributed by atoms with E-state index in [1.165, 1.54) is 36.2 Å². The second-order valence-electron chi connectivity index (χ2n) is 5.18. The molecule has 23 heavy (non-hydrogen) atoms. The monoisotopic (exact) mass is 378 g/mol. The van der Waals surface area contributed by atoms with Crippen molar-refractivity contribution in [2.75, 3.05) is 18.9 Å². The van der Waals surface area contributed by atoms with Crippen LogP contribution in [0.5, 0.6) is 0 Å². The first-order chi connectivity index (χ1) is 10.9. The first kappa shape index (κ1) is 17.1. The fourth-order valence-corrected chi connectivity index (χ4v) is 2.53. The van der Waals surface area contributed by atoms with Crippen LogP contribution in [0.1, 0.15) is 15.9 Å². The van der Waals surface area contributed by atoms with Crippen molar-refractivity contribution in [2.45, 2.75) is 6.92 Å². The van der Waals surface area contributed by atoms with Gasteiger partial charge in [-0.2, -0.15) is 0 Å². The number of aryl methyl sites for hydroxylation is 1. The number of hydrogen-bond donors (Lipinski definition) is 1. The van der Waals surface area contributed by atoms with Crippen LogP contribution in [0.15, 0.2) is 46.9 Å². The van der Waals surface area contributed by atoms with Crippen LogP contribution in [0.2, 0.25) is 0 Å². The minimum Gasteiger partial charge on any atom is -0.332 e. The molecule has 0 radical (unpaired) electrons. The van der Waals surface area contributed by atoms with Gasteiger partial charge >= 0.3 is 0 Å². The van der Waals surface area contributed by atoms with E-state index >= 15 is 0 Å². The quantitative estimate of drug-likeness (QED) is 0.883. The Kier molecular flexibility index (Phi) is 5.50. The summed E-state index contributed by atoms with van der Waals surface area (Å²) in [4.78, 5) is 25.5. The maximum atomic E-state index is 12.9. The molecule has 0 aromatic heterocycles. The minimum atomic E-state index is -0.410. The number of amides is 2. The molecule has 2 aromatic carbocycles. The van der Waals surface area contributed by atoms with Gasteiger partial charge in [0.2, 0.25) is 5.91 Å². The van der Waals surface area contributed by atoms with Crippen molar-refractivity contribution >= 4 is 33.4 Å². The normalized spacial score (nSPS) is 10.3. The first-order valence-electron chi connectivity index (χ1n) is 6.94. The highest BCUT2D eigenvalue weighted by atomic mass is 79.9. The van der Waals surface area contributed by atoms with E-state index in [9.17, 15) is 14.0 Å². The third kappa shape index (κ3) is 4.63. The SMILES string of the molecule is Cc1cc(Br)ccc1NC(=O)CN(C)C(=O)c1ccc(F)cc1. The second-order valence-corrected chi connectivity index (χ2v) is 6.09. The predicted molar refractivity (Wildman–Crippen MR) is 90.9 cm³/mol. The number of carbonyl (C=O) groups excluding carboxylic acids is 2. The molecule has 6 heteroatoms. The van der Waals surface area contributed by atoms with Gasteiger partial charge in [-0.25, -0.2) is 4.39 Å². The van der Waals surface area contributed by atoms with Crippen LogP contribution in [0, 0.1) is 12.7 Å². The standard InChI is InChI=1S/C17H16BrFN2O2/c1-11-9-13(18)5-8-15(11)20-16(22)10-21(2)17(23)12-3-6-14(19)7-4-12/h3-9H,10H2,1-2H3,(H,20,22). The molecule has 0 saturated heterocycles. The molecule has 0 bridgehead atoms. The number of rotatable bonds is 4. The summed E-state index contributed by atoms with van der Waals surface area (Å²) in [5.41, 5.74) is 1.95. The minimum absolute atomic E-state index is 0.0916. The highest BCUT2D eigenvalue weighted by Gasteiger charge is 2.15. The molecule has 0 aliphatic heterocycles. The number of likely N-dealkylation sites (N-methyl/N-ethyl adjacent to an activating group) is 1.